The second-order valence-corrected chi connectivity index (χ2v) is 10.2. The van der Waals surface area contributed by atoms with Crippen LogP contribution in [0.25, 0.3) is 6.08 Å². The molecule has 7 nitrogen and oxygen atoms in total. The largest absolute Gasteiger partial charge is 0.490 e. The maximum Gasteiger partial charge on any atom is 0.344 e. The monoisotopic (exact) mass is 536 g/mol. The normalized spacial score (nSPS) is 18.3. The molecule has 8 heteroatoms. The lowest BCUT2D eigenvalue weighted by atomic mass is 9.94. The molecule has 2 aromatic carbocycles. The maximum absolute atomic E-state index is 13.7. The van der Waals surface area contributed by atoms with E-state index in [-0.39, 0.29) is 18.6 Å². The van der Waals surface area contributed by atoms with Crippen LogP contribution in [0.1, 0.15) is 64.0 Å². The van der Waals surface area contributed by atoms with Crippen molar-refractivity contribution < 1.29 is 23.8 Å². The molecule has 1 amide bonds. The Balaban J connectivity index is 1.64. The van der Waals surface area contributed by atoms with Crippen LogP contribution in [0.2, 0.25) is 0 Å². The minimum atomic E-state index is -0.437. The molecule has 1 saturated carbocycles. The van der Waals surface area contributed by atoms with Crippen LogP contribution in [0.15, 0.2) is 52.4 Å². The number of nitrogens with zero attached hydrogens (tertiary/aromatic N) is 2. The van der Waals surface area contributed by atoms with Crippen LogP contribution in [-0.2, 0) is 20.7 Å². The van der Waals surface area contributed by atoms with E-state index in [1.54, 1.807) is 13.0 Å². The van der Waals surface area contributed by atoms with E-state index in [0.717, 1.165) is 54.1 Å². The number of aliphatic imine (C=N–C) groups is 1. The van der Waals surface area contributed by atoms with Crippen LogP contribution in [0.4, 0.5) is 5.69 Å². The van der Waals surface area contributed by atoms with E-state index in [0.29, 0.717) is 29.6 Å². The highest BCUT2D eigenvalue weighted by molar-refractivity contribution is 8.18. The highest BCUT2D eigenvalue weighted by Crippen LogP contribution is 2.39. The molecule has 0 aromatic heterocycles. The van der Waals surface area contributed by atoms with Crippen molar-refractivity contribution in [3.63, 3.8) is 0 Å². The third-order valence-corrected chi connectivity index (χ3v) is 7.56. The van der Waals surface area contributed by atoms with Crippen molar-refractivity contribution in [2.45, 2.75) is 65.3 Å². The average molecular weight is 537 g/mol. The topological polar surface area (TPSA) is 77.4 Å². The average Bonchev–Trinajstić information content (AvgIpc) is 3.23. The molecule has 0 unspecified atom stereocenters. The first-order valence-electron chi connectivity index (χ1n) is 13.5. The Hall–Kier alpha value is -3.26. The van der Waals surface area contributed by atoms with Gasteiger partial charge in [0.15, 0.2) is 23.3 Å². The smallest absolute Gasteiger partial charge is 0.344 e. The summed E-state index contributed by atoms with van der Waals surface area (Å²) in [5.74, 6) is 0.523. The number of para-hydroxylation sites is 1. The van der Waals surface area contributed by atoms with Gasteiger partial charge in [-0.3, -0.25) is 9.69 Å². The lowest BCUT2D eigenvalue weighted by molar-refractivity contribution is -0.145. The van der Waals surface area contributed by atoms with Gasteiger partial charge in [-0.25, -0.2) is 9.79 Å². The van der Waals surface area contributed by atoms with Crippen molar-refractivity contribution in [2.24, 2.45) is 4.99 Å². The zero-order valence-corrected chi connectivity index (χ0v) is 23.2. The molecule has 0 N–H and O–H groups in total. The van der Waals surface area contributed by atoms with Crippen LogP contribution >= 0.6 is 11.8 Å². The number of hydrogen-bond acceptors (Lipinski definition) is 7. The third kappa shape index (κ3) is 6.78. The molecule has 202 valence electrons. The van der Waals surface area contributed by atoms with Gasteiger partial charge in [0.1, 0.15) is 0 Å². The maximum atomic E-state index is 13.7. The van der Waals surface area contributed by atoms with Crippen LogP contribution in [0.5, 0.6) is 11.5 Å². The number of carbonyl (C=O) groups excluding carboxylic acids is 2. The fourth-order valence-electron chi connectivity index (χ4n) is 4.74. The summed E-state index contributed by atoms with van der Waals surface area (Å²) in [7, 11) is 0. The van der Waals surface area contributed by atoms with Gasteiger partial charge < -0.3 is 14.2 Å². The number of aryl methyl sites for hydroxylation is 1. The molecule has 0 spiro atoms. The van der Waals surface area contributed by atoms with Gasteiger partial charge in [-0.05, 0) is 80.3 Å². The molecular weight excluding hydrogens is 500 g/mol. The number of carbonyl (C=O) groups is 2. The quantitative estimate of drug-likeness (QED) is 0.254. The van der Waals surface area contributed by atoms with Crippen molar-refractivity contribution in [1.82, 2.24) is 4.90 Å². The van der Waals surface area contributed by atoms with Gasteiger partial charge in [0.05, 0.1) is 23.8 Å². The Labute approximate surface area is 229 Å². The first-order valence-corrected chi connectivity index (χ1v) is 14.3. The number of hydrogen-bond donors (Lipinski definition) is 0. The van der Waals surface area contributed by atoms with E-state index in [4.69, 9.17) is 19.2 Å². The number of amides is 1. The standard InChI is InChI=1S/C30H36N2O5S/c1-4-22-12-10-11-15-24(22)31-30-32(23-13-8-7-9-14-23)29(34)27(38-30)19-21-16-17-25(26(18-21)35-5-2)37-20-28(33)36-6-3/h10-12,15-19,23H,4-9,13-14,20H2,1-3H3/b27-19+,31-30?. The molecule has 0 atom stereocenters. The minimum Gasteiger partial charge on any atom is -0.490 e. The van der Waals surface area contributed by atoms with Gasteiger partial charge in [-0.1, -0.05) is 50.5 Å². The first-order chi connectivity index (χ1) is 18.5. The zero-order valence-electron chi connectivity index (χ0n) is 22.4. The number of benzene rings is 2. The molecule has 1 saturated heterocycles. The van der Waals surface area contributed by atoms with Crippen molar-refractivity contribution in [3.8, 4) is 11.5 Å². The highest BCUT2D eigenvalue weighted by Gasteiger charge is 2.38. The predicted octanol–water partition coefficient (Wildman–Crippen LogP) is 6.53. The summed E-state index contributed by atoms with van der Waals surface area (Å²) in [6.45, 7) is 6.29. The van der Waals surface area contributed by atoms with E-state index >= 15 is 0 Å². The van der Waals surface area contributed by atoms with Crippen LogP contribution in [0, 0.1) is 0 Å². The van der Waals surface area contributed by atoms with E-state index in [2.05, 4.69) is 13.0 Å². The molecule has 2 fully saturated rings. The summed E-state index contributed by atoms with van der Waals surface area (Å²) < 4.78 is 16.3. The molecule has 0 bridgehead atoms. The highest BCUT2D eigenvalue weighted by atomic mass is 32.2. The van der Waals surface area contributed by atoms with Crippen molar-refractivity contribution >= 4 is 40.6 Å². The van der Waals surface area contributed by atoms with Crippen LogP contribution in [-0.4, -0.2) is 47.8 Å². The van der Waals surface area contributed by atoms with E-state index in [1.165, 1.54) is 18.2 Å². The Kier molecular flexibility index (Phi) is 9.87. The lowest BCUT2D eigenvalue weighted by Crippen LogP contribution is -2.40. The fourth-order valence-corrected chi connectivity index (χ4v) is 5.79. The molecule has 1 aliphatic carbocycles. The second-order valence-electron chi connectivity index (χ2n) is 9.19. The van der Waals surface area contributed by atoms with Crippen LogP contribution in [0.3, 0.4) is 0 Å². The molecular formula is C30H36N2O5S. The van der Waals surface area contributed by atoms with Gasteiger partial charge in [0.25, 0.3) is 5.91 Å². The molecule has 4 rings (SSSR count). The van der Waals surface area contributed by atoms with Gasteiger partial charge in [0.2, 0.25) is 0 Å². The number of thioether (sulfide) groups is 1. The van der Waals surface area contributed by atoms with Crippen molar-refractivity contribution in [1.29, 1.82) is 0 Å². The van der Waals surface area contributed by atoms with Gasteiger partial charge in [-0.15, -0.1) is 0 Å². The summed E-state index contributed by atoms with van der Waals surface area (Å²) in [6, 6.07) is 13.7. The number of amidine groups is 1. The second kappa shape index (κ2) is 13.5. The van der Waals surface area contributed by atoms with Crippen molar-refractivity contribution in [3.05, 3.63) is 58.5 Å². The SMILES string of the molecule is CCOC(=O)COc1ccc(/C=C2/SC(=Nc3ccccc3CC)N(C3CCCCC3)C2=O)cc1OCC. The van der Waals surface area contributed by atoms with E-state index in [9.17, 15) is 9.59 Å². The third-order valence-electron chi connectivity index (χ3n) is 6.58. The fraction of sp³-hybridized carbons (Fsp3) is 0.433. The summed E-state index contributed by atoms with van der Waals surface area (Å²) >= 11 is 1.43. The Bertz CT molecular complexity index is 1200. The van der Waals surface area contributed by atoms with Gasteiger partial charge in [-0.2, -0.15) is 0 Å². The summed E-state index contributed by atoms with van der Waals surface area (Å²) in [5.41, 5.74) is 2.88. The molecule has 2 aliphatic rings. The molecule has 38 heavy (non-hydrogen) atoms. The molecule has 1 heterocycles. The van der Waals surface area contributed by atoms with Gasteiger partial charge in [0, 0.05) is 6.04 Å². The Morgan fingerprint density at radius 1 is 1.03 bits per heavy atom. The zero-order chi connectivity index (χ0) is 26.9. The summed E-state index contributed by atoms with van der Waals surface area (Å²) in [6.07, 6.45) is 8.22. The van der Waals surface area contributed by atoms with Crippen molar-refractivity contribution in [2.75, 3.05) is 19.8 Å². The Morgan fingerprint density at radius 3 is 2.55 bits per heavy atom. The number of rotatable bonds is 10. The summed E-state index contributed by atoms with van der Waals surface area (Å²) in [5, 5.41) is 0.744. The molecule has 1 aliphatic heterocycles. The predicted molar refractivity (Wildman–Crippen MR) is 152 cm³/mol. The van der Waals surface area contributed by atoms with E-state index in [1.807, 2.05) is 48.2 Å². The Morgan fingerprint density at radius 2 is 1.82 bits per heavy atom. The number of ether oxygens (including phenoxy) is 3. The van der Waals surface area contributed by atoms with Crippen LogP contribution < -0.4 is 9.47 Å². The lowest BCUT2D eigenvalue weighted by Gasteiger charge is -2.30. The molecule has 0 radical (unpaired) electrons. The minimum absolute atomic E-state index is 0.00442. The summed E-state index contributed by atoms with van der Waals surface area (Å²) in [4.78, 5) is 33.0. The first kappa shape index (κ1) is 27.8. The van der Waals surface area contributed by atoms with Gasteiger partial charge >= 0.3 is 5.97 Å². The number of esters is 1. The van der Waals surface area contributed by atoms with E-state index < -0.39 is 5.97 Å². The molecule has 2 aromatic rings.